The summed E-state index contributed by atoms with van der Waals surface area (Å²) in [7, 11) is -3.64. The molecule has 2 aromatic rings. The molecule has 0 unspecified atom stereocenters. The van der Waals surface area contributed by atoms with E-state index in [-0.39, 0.29) is 10.0 Å². The Morgan fingerprint density at radius 2 is 1.91 bits per heavy atom. The van der Waals surface area contributed by atoms with E-state index < -0.39 is 10.0 Å². The number of anilines is 1. The van der Waals surface area contributed by atoms with Gasteiger partial charge in [-0.05, 0) is 80.7 Å². The molecule has 2 aliphatic rings. The molecule has 33 heavy (non-hydrogen) atoms. The fraction of sp³-hybridized carbons (Fsp3) is 0.391. The minimum absolute atomic E-state index is 0.151. The number of thiocarbonyl (C=S) groups is 1. The second kappa shape index (κ2) is 10.1. The number of nitrogens with zero attached hydrogens (tertiary/aromatic N) is 2. The minimum atomic E-state index is -3.64. The molecule has 0 aromatic heterocycles. The molecule has 7 nitrogen and oxygen atoms in total. The van der Waals surface area contributed by atoms with Crippen molar-refractivity contribution >= 4 is 50.4 Å². The molecular weight excluding hydrogens is 480 g/mol. The number of aryl methyl sites for hydroxylation is 2. The topological polar surface area (TPSA) is 83.0 Å². The Labute approximate surface area is 205 Å². The number of rotatable bonds is 4. The summed E-state index contributed by atoms with van der Waals surface area (Å²) in [6.07, 6.45) is 2.94. The van der Waals surface area contributed by atoms with Gasteiger partial charge in [0.05, 0.1) is 34.5 Å². The molecule has 10 heteroatoms. The molecule has 176 valence electrons. The lowest BCUT2D eigenvalue weighted by Gasteiger charge is -2.26. The summed E-state index contributed by atoms with van der Waals surface area (Å²) >= 11 is 11.7. The van der Waals surface area contributed by atoms with E-state index in [2.05, 4.69) is 41.8 Å². The molecule has 0 amide bonds. The predicted molar refractivity (Wildman–Crippen MR) is 136 cm³/mol. The fourth-order valence-corrected chi connectivity index (χ4v) is 5.99. The van der Waals surface area contributed by atoms with Gasteiger partial charge in [-0.3, -0.25) is 5.43 Å². The first-order chi connectivity index (χ1) is 15.8. The van der Waals surface area contributed by atoms with E-state index in [0.717, 1.165) is 30.5 Å². The van der Waals surface area contributed by atoms with Crippen molar-refractivity contribution in [1.82, 2.24) is 9.73 Å². The van der Waals surface area contributed by atoms with Crippen LogP contribution in [-0.4, -0.2) is 49.9 Å². The molecule has 2 N–H and O–H groups in total. The Morgan fingerprint density at radius 1 is 1.15 bits per heavy atom. The second-order valence-corrected chi connectivity index (χ2v) is 11.0. The highest BCUT2D eigenvalue weighted by Crippen LogP contribution is 2.28. The number of ether oxygens (including phenoxy) is 1. The van der Waals surface area contributed by atoms with Crippen LogP contribution < -0.4 is 10.7 Å². The highest BCUT2D eigenvalue weighted by atomic mass is 35.5. The Hall–Kier alpha value is -2.04. The third-order valence-corrected chi connectivity index (χ3v) is 8.27. The van der Waals surface area contributed by atoms with Crippen LogP contribution in [0.15, 0.2) is 40.3 Å². The van der Waals surface area contributed by atoms with Crippen LogP contribution in [0.1, 0.15) is 35.1 Å². The number of hydrazone groups is 1. The molecule has 0 radical (unpaired) electrons. The largest absolute Gasteiger partial charge is 0.379 e. The van der Waals surface area contributed by atoms with Crippen molar-refractivity contribution in [2.45, 2.75) is 38.0 Å². The molecular formula is C23H27ClN4O3S2. The Morgan fingerprint density at radius 3 is 2.67 bits per heavy atom. The van der Waals surface area contributed by atoms with E-state index in [0.29, 0.717) is 37.0 Å². The van der Waals surface area contributed by atoms with Gasteiger partial charge in [0.25, 0.3) is 0 Å². The zero-order valence-corrected chi connectivity index (χ0v) is 21.0. The molecule has 0 spiro atoms. The summed E-state index contributed by atoms with van der Waals surface area (Å²) in [5.41, 5.74) is 9.23. The van der Waals surface area contributed by atoms with Crippen LogP contribution in [0.3, 0.4) is 0 Å². The maximum absolute atomic E-state index is 13.0. The average Bonchev–Trinajstić information content (AvgIpc) is 2.79. The second-order valence-electron chi connectivity index (χ2n) is 8.24. The number of fused-ring (bicyclic) bond motifs is 1. The summed E-state index contributed by atoms with van der Waals surface area (Å²) in [5.74, 6) is 0. The first kappa shape index (κ1) is 24.1. The van der Waals surface area contributed by atoms with Gasteiger partial charge < -0.3 is 10.1 Å². The first-order valence-corrected chi connectivity index (χ1v) is 13.1. The highest BCUT2D eigenvalue weighted by Gasteiger charge is 2.27. The third kappa shape index (κ3) is 5.38. The molecule has 0 atom stereocenters. The van der Waals surface area contributed by atoms with Crippen LogP contribution in [0, 0.1) is 13.8 Å². The SMILES string of the molecule is Cc1cc(C)c2c(c1)C(=NNC(=S)Nc1cc(S(=O)(=O)N3CCOCC3)ccc1Cl)CCC2. The van der Waals surface area contributed by atoms with Gasteiger partial charge in [-0.1, -0.05) is 23.2 Å². The monoisotopic (exact) mass is 506 g/mol. The summed E-state index contributed by atoms with van der Waals surface area (Å²) in [5, 5.41) is 8.14. The Balaban J connectivity index is 1.50. The van der Waals surface area contributed by atoms with Crippen LogP contribution in [-0.2, 0) is 21.2 Å². The van der Waals surface area contributed by atoms with Crippen LogP contribution in [0.5, 0.6) is 0 Å². The number of halogens is 1. The number of morpholine rings is 1. The van der Waals surface area contributed by atoms with Gasteiger partial charge in [0.1, 0.15) is 0 Å². The van der Waals surface area contributed by atoms with Gasteiger partial charge in [-0.15, -0.1) is 0 Å². The van der Waals surface area contributed by atoms with Gasteiger partial charge in [0.15, 0.2) is 5.11 Å². The van der Waals surface area contributed by atoms with Gasteiger partial charge in [-0.25, -0.2) is 8.42 Å². The van der Waals surface area contributed by atoms with E-state index in [4.69, 9.17) is 28.6 Å². The van der Waals surface area contributed by atoms with Crippen molar-refractivity contribution in [3.63, 3.8) is 0 Å². The lowest BCUT2D eigenvalue weighted by Crippen LogP contribution is -2.40. The Kier molecular flexibility index (Phi) is 7.35. The summed E-state index contributed by atoms with van der Waals surface area (Å²) in [4.78, 5) is 0.151. The van der Waals surface area contributed by atoms with E-state index in [9.17, 15) is 8.42 Å². The lowest BCUT2D eigenvalue weighted by atomic mass is 9.86. The van der Waals surface area contributed by atoms with Crippen LogP contribution in [0.4, 0.5) is 5.69 Å². The normalized spacial score (nSPS) is 18.1. The third-order valence-electron chi connectivity index (χ3n) is 5.85. The van der Waals surface area contributed by atoms with Crippen LogP contribution in [0.25, 0.3) is 0 Å². The maximum Gasteiger partial charge on any atom is 0.243 e. The van der Waals surface area contributed by atoms with E-state index in [1.54, 1.807) is 6.07 Å². The summed E-state index contributed by atoms with van der Waals surface area (Å²) < 4.78 is 32.6. The molecule has 1 fully saturated rings. The lowest BCUT2D eigenvalue weighted by molar-refractivity contribution is 0.0730. The minimum Gasteiger partial charge on any atom is -0.379 e. The fourth-order valence-electron chi connectivity index (χ4n) is 4.24. The van der Waals surface area contributed by atoms with E-state index >= 15 is 0 Å². The van der Waals surface area contributed by atoms with Crippen LogP contribution >= 0.6 is 23.8 Å². The van der Waals surface area contributed by atoms with Gasteiger partial charge in [-0.2, -0.15) is 9.41 Å². The summed E-state index contributed by atoms with van der Waals surface area (Å²) in [6.45, 7) is 5.63. The van der Waals surface area contributed by atoms with Crippen molar-refractivity contribution in [2.75, 3.05) is 31.6 Å². The number of benzene rings is 2. The number of sulfonamides is 1. The molecule has 4 rings (SSSR count). The van der Waals surface area contributed by atoms with Gasteiger partial charge in [0.2, 0.25) is 10.0 Å². The number of nitrogens with one attached hydrogen (secondary N) is 2. The zero-order valence-electron chi connectivity index (χ0n) is 18.7. The molecule has 2 aromatic carbocycles. The average molecular weight is 507 g/mol. The smallest absolute Gasteiger partial charge is 0.243 e. The van der Waals surface area contributed by atoms with E-state index in [1.807, 2.05) is 0 Å². The standard InChI is InChI=1S/C23H27ClN4O3S2/c1-15-12-16(2)18-4-3-5-21(19(18)13-15)26-27-23(32)25-22-14-17(6-7-20(22)24)33(29,30)28-8-10-31-11-9-28/h6-7,12-14H,3-5,8-11H2,1-2H3,(H2,25,27,32). The highest BCUT2D eigenvalue weighted by molar-refractivity contribution is 7.89. The quantitative estimate of drug-likeness (QED) is 0.481. The molecule has 0 saturated carbocycles. The number of hydrogen-bond acceptors (Lipinski definition) is 5. The first-order valence-electron chi connectivity index (χ1n) is 10.9. The summed E-state index contributed by atoms with van der Waals surface area (Å²) in [6, 6.07) is 8.90. The molecule has 1 saturated heterocycles. The van der Waals surface area contributed by atoms with Crippen molar-refractivity contribution in [2.24, 2.45) is 5.10 Å². The molecule has 1 heterocycles. The van der Waals surface area contributed by atoms with Gasteiger partial charge >= 0.3 is 0 Å². The predicted octanol–water partition coefficient (Wildman–Crippen LogP) is 4.00. The Bertz CT molecular complexity index is 1210. The van der Waals surface area contributed by atoms with Crippen molar-refractivity contribution < 1.29 is 13.2 Å². The number of hydrogen-bond donors (Lipinski definition) is 2. The van der Waals surface area contributed by atoms with Crippen molar-refractivity contribution in [3.05, 3.63) is 57.6 Å². The van der Waals surface area contributed by atoms with Crippen LogP contribution in [0.2, 0.25) is 5.02 Å². The molecule has 1 aliphatic heterocycles. The maximum atomic E-state index is 13.0. The van der Waals surface area contributed by atoms with Gasteiger partial charge in [0, 0.05) is 18.7 Å². The molecule has 0 bridgehead atoms. The zero-order chi connectivity index (χ0) is 23.6. The van der Waals surface area contributed by atoms with Crippen molar-refractivity contribution in [1.29, 1.82) is 0 Å². The van der Waals surface area contributed by atoms with Crippen molar-refractivity contribution in [3.8, 4) is 0 Å². The van der Waals surface area contributed by atoms with E-state index in [1.165, 1.54) is 33.1 Å². The molecule has 1 aliphatic carbocycles.